The zero-order chi connectivity index (χ0) is 12.1. The molecule has 0 aliphatic heterocycles. The molecule has 16 heavy (non-hydrogen) atoms. The van der Waals surface area contributed by atoms with E-state index in [9.17, 15) is 14.9 Å². The summed E-state index contributed by atoms with van der Waals surface area (Å²) in [5, 5.41) is 10.6. The summed E-state index contributed by atoms with van der Waals surface area (Å²) in [6, 6.07) is 4.27. The number of aldehydes is 1. The Balaban J connectivity index is 3.20. The highest BCUT2D eigenvalue weighted by Crippen LogP contribution is 2.29. The van der Waals surface area contributed by atoms with Gasteiger partial charge in [-0.25, -0.2) is 0 Å². The summed E-state index contributed by atoms with van der Waals surface area (Å²) in [5.41, 5.74) is 0.512. The third-order valence-corrected chi connectivity index (χ3v) is 2.20. The highest BCUT2D eigenvalue weighted by atomic mass is 16.6. The molecule has 0 aliphatic rings. The second-order valence-electron chi connectivity index (χ2n) is 3.34. The predicted molar refractivity (Wildman–Crippen MR) is 58.7 cm³/mol. The molecule has 1 aromatic rings. The summed E-state index contributed by atoms with van der Waals surface area (Å²) in [6.07, 6.45) is 0.738. The molecule has 86 valence electrons. The van der Waals surface area contributed by atoms with E-state index in [1.54, 1.807) is 6.92 Å². The Bertz CT molecular complexity index is 403. The van der Waals surface area contributed by atoms with E-state index in [-0.39, 0.29) is 5.69 Å². The molecule has 0 saturated carbocycles. The number of rotatable bonds is 5. The van der Waals surface area contributed by atoms with Crippen LogP contribution in [0, 0.1) is 10.1 Å². The molecule has 0 radical (unpaired) electrons. The van der Waals surface area contributed by atoms with Gasteiger partial charge >= 0.3 is 0 Å². The summed E-state index contributed by atoms with van der Waals surface area (Å²) >= 11 is 0. The number of carbonyl (C=O) groups excluding carboxylic acids is 1. The van der Waals surface area contributed by atoms with Crippen molar-refractivity contribution in [2.45, 2.75) is 19.8 Å². The lowest BCUT2D eigenvalue weighted by molar-refractivity contribution is -0.384. The van der Waals surface area contributed by atoms with Crippen LogP contribution in [0.5, 0.6) is 5.75 Å². The largest absolute Gasteiger partial charge is 0.494 e. The molecule has 5 nitrogen and oxygen atoms in total. The van der Waals surface area contributed by atoms with Crippen LogP contribution in [0.4, 0.5) is 5.69 Å². The molecule has 0 heterocycles. The minimum atomic E-state index is -0.489. The Hall–Kier alpha value is -1.91. The lowest BCUT2D eigenvalue weighted by atomic mass is 10.0. The zero-order valence-electron chi connectivity index (χ0n) is 9.17. The number of carbonyl (C=O) groups is 1. The van der Waals surface area contributed by atoms with Gasteiger partial charge in [0.25, 0.3) is 5.69 Å². The fourth-order valence-electron chi connectivity index (χ4n) is 1.37. The van der Waals surface area contributed by atoms with E-state index in [0.29, 0.717) is 17.9 Å². The second-order valence-corrected chi connectivity index (χ2v) is 3.34. The maximum atomic E-state index is 10.7. The van der Waals surface area contributed by atoms with Crippen molar-refractivity contribution in [3.05, 3.63) is 33.9 Å². The van der Waals surface area contributed by atoms with Gasteiger partial charge in [0.2, 0.25) is 0 Å². The van der Waals surface area contributed by atoms with Gasteiger partial charge in [-0.2, -0.15) is 0 Å². The highest BCUT2D eigenvalue weighted by Gasteiger charge is 2.16. The van der Waals surface area contributed by atoms with Crippen LogP contribution in [-0.2, 0) is 4.79 Å². The van der Waals surface area contributed by atoms with Crippen molar-refractivity contribution in [2.75, 3.05) is 6.61 Å². The Morgan fingerprint density at radius 2 is 2.25 bits per heavy atom. The first-order valence-electron chi connectivity index (χ1n) is 4.96. The van der Waals surface area contributed by atoms with Gasteiger partial charge in [0.1, 0.15) is 12.0 Å². The van der Waals surface area contributed by atoms with E-state index < -0.39 is 10.8 Å². The van der Waals surface area contributed by atoms with Gasteiger partial charge in [0.15, 0.2) is 0 Å². The van der Waals surface area contributed by atoms with Crippen LogP contribution in [-0.4, -0.2) is 17.8 Å². The third-order valence-electron chi connectivity index (χ3n) is 2.20. The Morgan fingerprint density at radius 3 is 2.75 bits per heavy atom. The minimum absolute atomic E-state index is 0.0350. The first-order chi connectivity index (χ1) is 7.60. The van der Waals surface area contributed by atoms with Crippen molar-refractivity contribution in [3.8, 4) is 5.75 Å². The quantitative estimate of drug-likeness (QED) is 0.436. The SMILES string of the molecule is CCOc1ccc([N+](=O)[O-])cc1C(C)C=O. The van der Waals surface area contributed by atoms with E-state index in [1.807, 2.05) is 6.92 Å². The van der Waals surface area contributed by atoms with Crippen molar-refractivity contribution in [1.82, 2.24) is 0 Å². The van der Waals surface area contributed by atoms with Crippen molar-refractivity contribution in [2.24, 2.45) is 0 Å². The fourth-order valence-corrected chi connectivity index (χ4v) is 1.37. The van der Waals surface area contributed by atoms with E-state index in [2.05, 4.69) is 0 Å². The smallest absolute Gasteiger partial charge is 0.269 e. The molecule has 0 N–H and O–H groups in total. The van der Waals surface area contributed by atoms with Crippen LogP contribution in [0.2, 0.25) is 0 Å². The third kappa shape index (κ3) is 2.56. The number of non-ortho nitro benzene ring substituents is 1. The number of hydrogen-bond acceptors (Lipinski definition) is 4. The summed E-state index contributed by atoms with van der Waals surface area (Å²) in [4.78, 5) is 20.8. The molecule has 1 atom stereocenters. The lowest BCUT2D eigenvalue weighted by Gasteiger charge is -2.11. The van der Waals surface area contributed by atoms with Crippen LogP contribution in [0.1, 0.15) is 25.3 Å². The molecule has 1 rings (SSSR count). The van der Waals surface area contributed by atoms with Gasteiger partial charge in [-0.15, -0.1) is 0 Å². The zero-order valence-corrected chi connectivity index (χ0v) is 9.17. The summed E-state index contributed by atoms with van der Waals surface area (Å²) in [5.74, 6) is 0.106. The number of nitro benzene ring substituents is 1. The van der Waals surface area contributed by atoms with Gasteiger partial charge in [-0.1, -0.05) is 6.92 Å². The maximum absolute atomic E-state index is 10.7. The van der Waals surface area contributed by atoms with Crippen molar-refractivity contribution < 1.29 is 14.5 Å². The Morgan fingerprint density at radius 1 is 1.56 bits per heavy atom. The standard InChI is InChI=1S/C11H13NO4/c1-3-16-11-5-4-9(12(14)15)6-10(11)8(2)7-13/h4-8H,3H2,1-2H3. The molecule has 0 bridgehead atoms. The molecule has 1 unspecified atom stereocenters. The van der Waals surface area contributed by atoms with Crippen LogP contribution < -0.4 is 4.74 Å². The first-order valence-corrected chi connectivity index (χ1v) is 4.96. The average Bonchev–Trinajstić information content (AvgIpc) is 2.28. The first kappa shape index (κ1) is 12.2. The summed E-state index contributed by atoms with van der Waals surface area (Å²) in [7, 11) is 0. The van der Waals surface area contributed by atoms with Gasteiger partial charge in [0.05, 0.1) is 11.5 Å². The predicted octanol–water partition coefficient (Wildman–Crippen LogP) is 2.30. The van der Waals surface area contributed by atoms with Gasteiger partial charge in [0, 0.05) is 23.6 Å². The topological polar surface area (TPSA) is 69.4 Å². The molecule has 0 amide bonds. The van der Waals surface area contributed by atoms with E-state index in [4.69, 9.17) is 4.74 Å². The molecular formula is C11H13NO4. The summed E-state index contributed by atoms with van der Waals surface area (Å²) < 4.78 is 5.31. The molecule has 1 aromatic carbocycles. The van der Waals surface area contributed by atoms with Crippen LogP contribution in [0.25, 0.3) is 0 Å². The fraction of sp³-hybridized carbons (Fsp3) is 0.364. The molecule has 0 spiro atoms. The van der Waals surface area contributed by atoms with Crippen molar-refractivity contribution in [1.29, 1.82) is 0 Å². The number of ether oxygens (including phenoxy) is 1. The Kier molecular flexibility index (Phi) is 3.99. The van der Waals surface area contributed by atoms with Gasteiger partial charge in [-0.3, -0.25) is 10.1 Å². The van der Waals surface area contributed by atoms with Crippen molar-refractivity contribution in [3.63, 3.8) is 0 Å². The molecular weight excluding hydrogens is 210 g/mol. The van der Waals surface area contributed by atoms with E-state index in [1.165, 1.54) is 18.2 Å². The van der Waals surface area contributed by atoms with Crippen molar-refractivity contribution >= 4 is 12.0 Å². The lowest BCUT2D eigenvalue weighted by Crippen LogP contribution is -2.02. The highest BCUT2D eigenvalue weighted by molar-refractivity contribution is 5.65. The normalized spacial score (nSPS) is 11.9. The van der Waals surface area contributed by atoms with E-state index in [0.717, 1.165) is 6.29 Å². The monoisotopic (exact) mass is 223 g/mol. The van der Waals surface area contributed by atoms with Crippen LogP contribution >= 0.6 is 0 Å². The van der Waals surface area contributed by atoms with Crippen LogP contribution in [0.15, 0.2) is 18.2 Å². The van der Waals surface area contributed by atoms with Gasteiger partial charge < -0.3 is 9.53 Å². The second kappa shape index (κ2) is 5.25. The summed E-state index contributed by atoms with van der Waals surface area (Å²) in [6.45, 7) is 3.95. The van der Waals surface area contributed by atoms with Gasteiger partial charge in [-0.05, 0) is 13.0 Å². The molecule has 0 fully saturated rings. The average molecular weight is 223 g/mol. The minimum Gasteiger partial charge on any atom is -0.494 e. The Labute approximate surface area is 93.2 Å². The van der Waals surface area contributed by atoms with E-state index >= 15 is 0 Å². The van der Waals surface area contributed by atoms with Crippen LogP contribution in [0.3, 0.4) is 0 Å². The molecule has 0 aromatic heterocycles. The molecule has 0 saturated heterocycles. The number of nitrogens with zero attached hydrogens (tertiary/aromatic N) is 1. The number of benzene rings is 1. The number of hydrogen-bond donors (Lipinski definition) is 0. The molecule has 5 heteroatoms. The molecule has 0 aliphatic carbocycles. The number of nitro groups is 1. The maximum Gasteiger partial charge on any atom is 0.269 e.